The van der Waals surface area contributed by atoms with Crippen molar-refractivity contribution in [3.8, 4) is 0 Å². The van der Waals surface area contributed by atoms with Crippen molar-refractivity contribution in [3.63, 3.8) is 0 Å². The molecule has 0 unspecified atom stereocenters. The summed E-state index contributed by atoms with van der Waals surface area (Å²) >= 11 is 5.86. The van der Waals surface area contributed by atoms with Crippen LogP contribution in [0.2, 0.25) is 5.02 Å². The van der Waals surface area contributed by atoms with Gasteiger partial charge in [0.15, 0.2) is 0 Å². The number of carbonyl (C=O) groups excluding carboxylic acids is 1. The molecule has 0 fully saturated rings. The fourth-order valence-corrected chi connectivity index (χ4v) is 1.91. The molecule has 2 aromatic carbocycles. The van der Waals surface area contributed by atoms with Gasteiger partial charge in [-0.25, -0.2) is 9.18 Å². The Bertz CT molecular complexity index is 638. The van der Waals surface area contributed by atoms with Crippen LogP contribution in [0.5, 0.6) is 0 Å². The van der Waals surface area contributed by atoms with Gasteiger partial charge in [-0.05, 0) is 42.8 Å². The average molecular weight is 294 g/mol. The summed E-state index contributed by atoms with van der Waals surface area (Å²) < 4.78 is 18.6. The van der Waals surface area contributed by atoms with Gasteiger partial charge in [-0.3, -0.25) is 0 Å². The maximum Gasteiger partial charge on any atom is 0.338 e. The van der Waals surface area contributed by atoms with Crippen molar-refractivity contribution >= 4 is 23.3 Å². The van der Waals surface area contributed by atoms with Crippen LogP contribution in [-0.4, -0.2) is 5.97 Å². The summed E-state index contributed by atoms with van der Waals surface area (Å²) in [6.07, 6.45) is 0. The Kier molecular flexibility index (Phi) is 4.25. The molecule has 104 valence electrons. The maximum atomic E-state index is 13.5. The second-order valence-corrected chi connectivity index (χ2v) is 4.75. The molecule has 2 rings (SSSR count). The Hall–Kier alpha value is -2.07. The summed E-state index contributed by atoms with van der Waals surface area (Å²) in [5.41, 5.74) is 7.58. The number of benzene rings is 2. The van der Waals surface area contributed by atoms with E-state index in [0.29, 0.717) is 11.3 Å². The van der Waals surface area contributed by atoms with Crippen molar-refractivity contribution in [2.24, 2.45) is 0 Å². The zero-order valence-electron chi connectivity index (χ0n) is 10.8. The van der Waals surface area contributed by atoms with E-state index in [0.717, 1.165) is 5.56 Å². The van der Waals surface area contributed by atoms with Crippen molar-refractivity contribution in [3.05, 3.63) is 63.9 Å². The van der Waals surface area contributed by atoms with E-state index in [4.69, 9.17) is 22.1 Å². The summed E-state index contributed by atoms with van der Waals surface area (Å²) in [7, 11) is 0. The molecule has 20 heavy (non-hydrogen) atoms. The highest BCUT2D eigenvalue weighted by atomic mass is 35.5. The fourth-order valence-electron chi connectivity index (χ4n) is 1.69. The van der Waals surface area contributed by atoms with E-state index in [1.807, 2.05) is 0 Å². The van der Waals surface area contributed by atoms with E-state index >= 15 is 0 Å². The molecule has 5 heteroatoms. The number of hydrogen-bond acceptors (Lipinski definition) is 3. The second-order valence-electron chi connectivity index (χ2n) is 4.35. The van der Waals surface area contributed by atoms with Crippen LogP contribution in [0.3, 0.4) is 0 Å². The lowest BCUT2D eigenvalue weighted by molar-refractivity contribution is 0.0469. The summed E-state index contributed by atoms with van der Waals surface area (Å²) in [6.45, 7) is 1.58. The molecular weight excluding hydrogens is 281 g/mol. The number of ether oxygens (including phenoxy) is 1. The van der Waals surface area contributed by atoms with Crippen molar-refractivity contribution in [1.29, 1.82) is 0 Å². The number of nitrogens with two attached hydrogens (primary N) is 1. The number of nitrogen functional groups attached to an aromatic ring is 1. The Labute approximate surface area is 121 Å². The molecule has 2 aromatic rings. The topological polar surface area (TPSA) is 52.3 Å². The lowest BCUT2D eigenvalue weighted by Crippen LogP contribution is -2.07. The molecule has 0 saturated heterocycles. The second kappa shape index (κ2) is 5.92. The molecule has 0 amide bonds. The lowest BCUT2D eigenvalue weighted by Gasteiger charge is -2.08. The summed E-state index contributed by atoms with van der Waals surface area (Å²) in [5, 5.41) is 0.228. The molecule has 0 aliphatic carbocycles. The zero-order valence-corrected chi connectivity index (χ0v) is 11.6. The fraction of sp³-hybridized carbons (Fsp3) is 0.133. The van der Waals surface area contributed by atoms with Crippen molar-refractivity contribution in [2.45, 2.75) is 13.5 Å². The maximum absolute atomic E-state index is 13.5. The van der Waals surface area contributed by atoms with Crippen LogP contribution in [0.15, 0.2) is 36.4 Å². The minimum Gasteiger partial charge on any atom is -0.457 e. The number of hydrogen-bond donors (Lipinski definition) is 1. The van der Waals surface area contributed by atoms with Gasteiger partial charge in [-0.1, -0.05) is 17.7 Å². The van der Waals surface area contributed by atoms with E-state index in [-0.39, 0.29) is 17.2 Å². The minimum atomic E-state index is -0.549. The summed E-state index contributed by atoms with van der Waals surface area (Å²) in [6, 6.07) is 9.12. The number of rotatable bonds is 3. The third kappa shape index (κ3) is 3.08. The first-order chi connectivity index (χ1) is 9.49. The van der Waals surface area contributed by atoms with Crippen LogP contribution in [0.25, 0.3) is 0 Å². The minimum absolute atomic E-state index is 0.162. The SMILES string of the molecule is Cc1cc(C(=O)OCc2c(F)cccc2Cl)ccc1N. The molecule has 0 aliphatic rings. The standard InChI is InChI=1S/C15H13ClFNO2/c1-9-7-10(5-6-14(9)18)15(19)20-8-11-12(16)3-2-4-13(11)17/h2-7H,8,18H2,1H3. The Morgan fingerprint density at radius 1 is 1.35 bits per heavy atom. The Morgan fingerprint density at radius 2 is 2.10 bits per heavy atom. The first-order valence-electron chi connectivity index (χ1n) is 5.95. The Balaban J connectivity index is 2.11. The van der Waals surface area contributed by atoms with Gasteiger partial charge in [-0.2, -0.15) is 0 Å². The smallest absolute Gasteiger partial charge is 0.338 e. The first-order valence-corrected chi connectivity index (χ1v) is 6.33. The lowest BCUT2D eigenvalue weighted by atomic mass is 10.1. The van der Waals surface area contributed by atoms with Crippen LogP contribution in [-0.2, 0) is 11.3 Å². The number of aryl methyl sites for hydroxylation is 1. The van der Waals surface area contributed by atoms with Crippen LogP contribution >= 0.6 is 11.6 Å². The largest absolute Gasteiger partial charge is 0.457 e. The van der Waals surface area contributed by atoms with E-state index in [1.54, 1.807) is 31.2 Å². The zero-order chi connectivity index (χ0) is 14.7. The van der Waals surface area contributed by atoms with Crippen molar-refractivity contribution in [2.75, 3.05) is 5.73 Å². The third-order valence-electron chi connectivity index (χ3n) is 2.91. The Morgan fingerprint density at radius 3 is 2.75 bits per heavy atom. The number of halogens is 2. The van der Waals surface area contributed by atoms with Crippen molar-refractivity contribution < 1.29 is 13.9 Å². The normalized spacial score (nSPS) is 10.3. The third-order valence-corrected chi connectivity index (χ3v) is 3.27. The van der Waals surface area contributed by atoms with Crippen LogP contribution in [0, 0.1) is 12.7 Å². The molecule has 0 aromatic heterocycles. The van der Waals surface area contributed by atoms with E-state index < -0.39 is 11.8 Å². The molecule has 0 heterocycles. The summed E-state index contributed by atoms with van der Waals surface area (Å²) in [4.78, 5) is 11.9. The molecule has 3 nitrogen and oxygen atoms in total. The van der Waals surface area contributed by atoms with Gasteiger partial charge in [0.1, 0.15) is 12.4 Å². The number of carbonyl (C=O) groups is 1. The molecule has 0 aliphatic heterocycles. The molecule has 0 atom stereocenters. The first kappa shape index (κ1) is 14.3. The quantitative estimate of drug-likeness (QED) is 0.693. The van der Waals surface area contributed by atoms with E-state index in [1.165, 1.54) is 12.1 Å². The van der Waals surface area contributed by atoms with Crippen LogP contribution in [0.1, 0.15) is 21.5 Å². The van der Waals surface area contributed by atoms with Gasteiger partial charge in [-0.15, -0.1) is 0 Å². The van der Waals surface area contributed by atoms with Gasteiger partial charge in [0, 0.05) is 11.3 Å². The molecular formula is C15H13ClFNO2. The average Bonchev–Trinajstić information content (AvgIpc) is 2.41. The van der Waals surface area contributed by atoms with Crippen LogP contribution < -0.4 is 5.73 Å². The van der Waals surface area contributed by atoms with E-state index in [2.05, 4.69) is 0 Å². The van der Waals surface area contributed by atoms with Gasteiger partial charge in [0.25, 0.3) is 0 Å². The highest BCUT2D eigenvalue weighted by Gasteiger charge is 2.12. The van der Waals surface area contributed by atoms with Crippen LogP contribution in [0.4, 0.5) is 10.1 Å². The van der Waals surface area contributed by atoms with Crippen molar-refractivity contribution in [1.82, 2.24) is 0 Å². The van der Waals surface area contributed by atoms with E-state index in [9.17, 15) is 9.18 Å². The summed E-state index contributed by atoms with van der Waals surface area (Å²) in [5.74, 6) is -1.05. The highest BCUT2D eigenvalue weighted by molar-refractivity contribution is 6.31. The molecule has 2 N–H and O–H groups in total. The molecule has 0 saturated carbocycles. The highest BCUT2D eigenvalue weighted by Crippen LogP contribution is 2.20. The predicted octanol–water partition coefficient (Wildman–Crippen LogP) is 3.73. The van der Waals surface area contributed by atoms with Gasteiger partial charge in [0.2, 0.25) is 0 Å². The van der Waals surface area contributed by atoms with Gasteiger partial charge >= 0.3 is 5.97 Å². The van der Waals surface area contributed by atoms with Gasteiger partial charge < -0.3 is 10.5 Å². The van der Waals surface area contributed by atoms with Gasteiger partial charge in [0.05, 0.1) is 10.6 Å². The number of anilines is 1. The monoisotopic (exact) mass is 293 g/mol. The molecule has 0 radical (unpaired) electrons. The number of esters is 1. The molecule has 0 bridgehead atoms. The predicted molar refractivity (Wildman–Crippen MR) is 76.1 cm³/mol. The molecule has 0 spiro atoms.